The van der Waals surface area contributed by atoms with Crippen molar-refractivity contribution in [2.75, 3.05) is 0 Å². The van der Waals surface area contributed by atoms with Crippen LogP contribution in [0.4, 0.5) is 0 Å². The van der Waals surface area contributed by atoms with Crippen molar-refractivity contribution >= 4 is 12.6 Å². The zero-order valence-corrected chi connectivity index (χ0v) is 26.6. The van der Waals surface area contributed by atoms with Crippen LogP contribution in [0.15, 0.2) is 103 Å². The van der Waals surface area contributed by atoms with E-state index in [1.165, 1.54) is 41.5 Å². The average Bonchev–Trinajstić information content (AvgIpc) is 3.46. The molecule has 0 bridgehead atoms. The van der Waals surface area contributed by atoms with Crippen molar-refractivity contribution in [1.82, 2.24) is 9.97 Å². The quantitative estimate of drug-likeness (QED) is 0.196. The lowest BCUT2D eigenvalue weighted by atomic mass is 9.66. The second-order valence-corrected chi connectivity index (χ2v) is 14.0. The van der Waals surface area contributed by atoms with Gasteiger partial charge in [0, 0.05) is 22.1 Å². The standard InChI is InChI=1S/C40H39BN2O2/c1-38(2)39(3,4)45-41(44-38)30-19-21-32-31-20-18-29(24-33(31)40(34(32)25-30)22-12-7-13-23-40)36-26-35(27-14-8-5-9-15-27)42-37(43-36)28-16-10-6-11-17-28/h5-6,8-11,14-21,24-26H,7,12-13,22-23H2,1-4H3. The van der Waals surface area contributed by atoms with Crippen LogP contribution in [0.3, 0.4) is 0 Å². The monoisotopic (exact) mass is 590 g/mol. The van der Waals surface area contributed by atoms with Crippen molar-refractivity contribution < 1.29 is 9.31 Å². The third kappa shape index (κ3) is 4.67. The zero-order chi connectivity index (χ0) is 30.8. The summed E-state index contributed by atoms with van der Waals surface area (Å²) in [5.41, 5.74) is 11.0. The molecule has 1 saturated carbocycles. The smallest absolute Gasteiger partial charge is 0.399 e. The van der Waals surface area contributed by atoms with Crippen LogP contribution in [-0.2, 0) is 14.7 Å². The van der Waals surface area contributed by atoms with E-state index in [2.05, 4.69) is 107 Å². The van der Waals surface area contributed by atoms with Gasteiger partial charge in [0.25, 0.3) is 0 Å². The summed E-state index contributed by atoms with van der Waals surface area (Å²) in [6.07, 6.45) is 6.05. The highest BCUT2D eigenvalue weighted by atomic mass is 16.7. The Hall–Kier alpha value is -4.06. The van der Waals surface area contributed by atoms with Crippen LogP contribution in [0.5, 0.6) is 0 Å². The molecule has 8 rings (SSSR count). The van der Waals surface area contributed by atoms with Crippen LogP contribution in [0.2, 0.25) is 0 Å². The first-order valence-electron chi connectivity index (χ1n) is 16.4. The highest BCUT2D eigenvalue weighted by Gasteiger charge is 2.52. The minimum absolute atomic E-state index is 0.0177. The Morgan fingerprint density at radius 3 is 1.76 bits per heavy atom. The third-order valence-electron chi connectivity index (χ3n) is 10.7. The molecule has 5 aromatic rings. The average molecular weight is 591 g/mol. The largest absolute Gasteiger partial charge is 0.494 e. The van der Waals surface area contributed by atoms with Gasteiger partial charge in [-0.2, -0.15) is 0 Å². The molecule has 1 spiro atoms. The molecule has 4 aromatic carbocycles. The van der Waals surface area contributed by atoms with Crippen molar-refractivity contribution in [2.24, 2.45) is 0 Å². The van der Waals surface area contributed by atoms with Crippen molar-refractivity contribution in [3.63, 3.8) is 0 Å². The molecule has 0 radical (unpaired) electrons. The minimum atomic E-state index is -0.369. The Kier molecular flexibility index (Phi) is 6.63. The number of benzene rings is 4. The van der Waals surface area contributed by atoms with E-state index >= 15 is 0 Å². The fourth-order valence-corrected chi connectivity index (χ4v) is 7.56. The Morgan fingerprint density at radius 2 is 1.11 bits per heavy atom. The fraction of sp³-hybridized carbons (Fsp3) is 0.300. The summed E-state index contributed by atoms with van der Waals surface area (Å²) in [5, 5.41) is 0. The van der Waals surface area contributed by atoms with Gasteiger partial charge in [0.05, 0.1) is 22.6 Å². The predicted octanol–water partition coefficient (Wildman–Crippen LogP) is 9.01. The van der Waals surface area contributed by atoms with E-state index in [-0.39, 0.29) is 23.7 Å². The maximum Gasteiger partial charge on any atom is 0.494 e. The molecule has 4 nitrogen and oxygen atoms in total. The van der Waals surface area contributed by atoms with Gasteiger partial charge in [-0.15, -0.1) is 0 Å². The fourth-order valence-electron chi connectivity index (χ4n) is 7.56. The van der Waals surface area contributed by atoms with Crippen molar-refractivity contribution in [2.45, 2.75) is 76.4 Å². The van der Waals surface area contributed by atoms with Gasteiger partial charge in [-0.05, 0) is 80.4 Å². The summed E-state index contributed by atoms with van der Waals surface area (Å²) in [6.45, 7) is 8.50. The molecule has 224 valence electrons. The molecular weight excluding hydrogens is 551 g/mol. The molecule has 1 saturated heterocycles. The van der Waals surface area contributed by atoms with E-state index in [0.29, 0.717) is 0 Å². The first-order chi connectivity index (χ1) is 21.7. The van der Waals surface area contributed by atoms with E-state index in [4.69, 9.17) is 19.3 Å². The molecule has 45 heavy (non-hydrogen) atoms. The summed E-state index contributed by atoms with van der Waals surface area (Å²) in [5.74, 6) is 0.746. The van der Waals surface area contributed by atoms with E-state index in [0.717, 1.165) is 52.2 Å². The van der Waals surface area contributed by atoms with Crippen LogP contribution >= 0.6 is 0 Å². The highest BCUT2D eigenvalue weighted by molar-refractivity contribution is 6.62. The Balaban J connectivity index is 1.25. The lowest BCUT2D eigenvalue weighted by Gasteiger charge is -2.36. The normalized spacial score (nSPS) is 19.0. The number of rotatable bonds is 4. The highest BCUT2D eigenvalue weighted by Crippen LogP contribution is 2.56. The predicted molar refractivity (Wildman–Crippen MR) is 183 cm³/mol. The topological polar surface area (TPSA) is 44.2 Å². The third-order valence-corrected chi connectivity index (χ3v) is 10.7. The molecule has 2 fully saturated rings. The van der Waals surface area contributed by atoms with Gasteiger partial charge in [-0.3, -0.25) is 0 Å². The van der Waals surface area contributed by atoms with Crippen LogP contribution in [0, 0.1) is 0 Å². The minimum Gasteiger partial charge on any atom is -0.399 e. The lowest BCUT2D eigenvalue weighted by Crippen LogP contribution is -2.41. The second kappa shape index (κ2) is 10.5. The number of aromatic nitrogens is 2. The van der Waals surface area contributed by atoms with E-state index in [9.17, 15) is 0 Å². The Labute approximate surface area is 267 Å². The molecule has 0 N–H and O–H groups in total. The van der Waals surface area contributed by atoms with E-state index in [1.54, 1.807) is 0 Å². The zero-order valence-electron chi connectivity index (χ0n) is 26.6. The molecule has 1 aromatic heterocycles. The summed E-state index contributed by atoms with van der Waals surface area (Å²) >= 11 is 0. The molecule has 3 aliphatic rings. The molecular formula is C40H39BN2O2. The van der Waals surface area contributed by atoms with E-state index in [1.807, 2.05) is 24.3 Å². The molecule has 0 amide bonds. The molecule has 0 unspecified atom stereocenters. The second-order valence-electron chi connectivity index (χ2n) is 14.0. The van der Waals surface area contributed by atoms with Crippen molar-refractivity contribution in [3.05, 3.63) is 114 Å². The lowest BCUT2D eigenvalue weighted by molar-refractivity contribution is 0.00578. The Morgan fingerprint density at radius 1 is 0.556 bits per heavy atom. The van der Waals surface area contributed by atoms with Crippen molar-refractivity contribution in [3.8, 4) is 45.0 Å². The van der Waals surface area contributed by atoms with Crippen LogP contribution in [0.25, 0.3) is 45.0 Å². The SMILES string of the molecule is CC1(C)OB(c2ccc3c(c2)C2(CCCCC2)c2cc(-c4cc(-c5ccccc5)nc(-c5ccccc5)n4)ccc2-3)OC1(C)C. The summed E-state index contributed by atoms with van der Waals surface area (Å²) in [6, 6.07) is 36.8. The maximum absolute atomic E-state index is 6.50. The summed E-state index contributed by atoms with van der Waals surface area (Å²) in [7, 11) is -0.367. The van der Waals surface area contributed by atoms with Crippen LogP contribution < -0.4 is 5.46 Å². The molecule has 5 heteroatoms. The summed E-state index contributed by atoms with van der Waals surface area (Å²) in [4.78, 5) is 10.2. The van der Waals surface area contributed by atoms with Crippen molar-refractivity contribution in [1.29, 1.82) is 0 Å². The van der Waals surface area contributed by atoms with Crippen LogP contribution in [-0.4, -0.2) is 28.3 Å². The molecule has 0 atom stereocenters. The van der Waals surface area contributed by atoms with Gasteiger partial charge >= 0.3 is 7.12 Å². The van der Waals surface area contributed by atoms with Gasteiger partial charge in [-0.1, -0.05) is 110 Å². The molecule has 1 aliphatic heterocycles. The number of hydrogen-bond donors (Lipinski definition) is 0. The van der Waals surface area contributed by atoms with Gasteiger partial charge in [0.1, 0.15) is 0 Å². The molecule has 2 heterocycles. The first kappa shape index (κ1) is 28.4. The van der Waals surface area contributed by atoms with Gasteiger partial charge < -0.3 is 9.31 Å². The van der Waals surface area contributed by atoms with Gasteiger partial charge in [0.15, 0.2) is 5.82 Å². The first-order valence-corrected chi connectivity index (χ1v) is 16.4. The number of nitrogens with zero attached hydrogens (tertiary/aromatic N) is 2. The van der Waals surface area contributed by atoms with Crippen LogP contribution in [0.1, 0.15) is 70.9 Å². The summed E-state index contributed by atoms with van der Waals surface area (Å²) < 4.78 is 13.0. The van der Waals surface area contributed by atoms with E-state index < -0.39 is 0 Å². The Bertz CT molecular complexity index is 1820. The number of hydrogen-bond acceptors (Lipinski definition) is 4. The number of fused-ring (bicyclic) bond motifs is 5. The maximum atomic E-state index is 6.50. The van der Waals surface area contributed by atoms with Gasteiger partial charge in [0.2, 0.25) is 0 Å². The molecule has 2 aliphatic carbocycles. The van der Waals surface area contributed by atoms with Gasteiger partial charge in [-0.25, -0.2) is 9.97 Å².